The van der Waals surface area contributed by atoms with E-state index < -0.39 is 10.0 Å². The molecular formula is C24H21N3O4S2. The number of benzene rings is 2. The zero-order valence-electron chi connectivity index (χ0n) is 17.8. The van der Waals surface area contributed by atoms with Crippen molar-refractivity contribution in [2.45, 2.75) is 12.8 Å². The van der Waals surface area contributed by atoms with Gasteiger partial charge in [0.1, 0.15) is 5.01 Å². The van der Waals surface area contributed by atoms with Gasteiger partial charge in [0.2, 0.25) is 10.0 Å². The van der Waals surface area contributed by atoms with Crippen molar-refractivity contribution in [2.24, 2.45) is 0 Å². The Morgan fingerprint density at radius 2 is 1.91 bits per heavy atom. The lowest BCUT2D eigenvalue weighted by Gasteiger charge is -2.29. The first-order valence-corrected chi connectivity index (χ1v) is 13.1. The molecule has 2 aromatic heterocycles. The van der Waals surface area contributed by atoms with Crippen LogP contribution in [0.15, 0.2) is 70.7 Å². The monoisotopic (exact) mass is 479 g/mol. The summed E-state index contributed by atoms with van der Waals surface area (Å²) in [6.45, 7) is 0.518. The molecule has 0 aliphatic carbocycles. The maximum atomic E-state index is 12.1. The van der Waals surface area contributed by atoms with E-state index in [1.54, 1.807) is 12.1 Å². The van der Waals surface area contributed by atoms with Gasteiger partial charge in [-0.15, -0.1) is 11.3 Å². The van der Waals surface area contributed by atoms with Gasteiger partial charge in [-0.05, 0) is 66.9 Å². The van der Waals surface area contributed by atoms with Crippen molar-refractivity contribution in [3.63, 3.8) is 0 Å². The number of rotatable bonds is 5. The zero-order valence-corrected chi connectivity index (χ0v) is 19.4. The number of carbonyl (C=O) groups is 1. The highest BCUT2D eigenvalue weighted by Crippen LogP contribution is 2.35. The molecule has 1 amide bonds. The summed E-state index contributed by atoms with van der Waals surface area (Å²) in [7, 11) is -3.28. The number of hydrogen-bond acceptors (Lipinski definition) is 6. The van der Waals surface area contributed by atoms with Gasteiger partial charge in [0.15, 0.2) is 5.76 Å². The summed E-state index contributed by atoms with van der Waals surface area (Å²) < 4.78 is 30.8. The molecule has 0 saturated heterocycles. The maximum Gasteiger partial charge on any atom is 0.291 e. The third-order valence-corrected chi connectivity index (χ3v) is 7.56. The van der Waals surface area contributed by atoms with Crippen LogP contribution >= 0.6 is 11.3 Å². The first kappa shape index (κ1) is 21.4. The Labute approximate surface area is 195 Å². The fourth-order valence-electron chi connectivity index (χ4n) is 3.90. The molecule has 0 atom stereocenters. The van der Waals surface area contributed by atoms with Crippen LogP contribution in [-0.4, -0.2) is 32.1 Å². The second-order valence-corrected chi connectivity index (χ2v) is 10.6. The molecule has 0 radical (unpaired) electrons. The van der Waals surface area contributed by atoms with E-state index in [1.165, 1.54) is 28.2 Å². The van der Waals surface area contributed by atoms with Gasteiger partial charge in [-0.25, -0.2) is 13.4 Å². The van der Waals surface area contributed by atoms with Crippen LogP contribution in [0.4, 0.5) is 11.4 Å². The highest BCUT2D eigenvalue weighted by molar-refractivity contribution is 7.92. The summed E-state index contributed by atoms with van der Waals surface area (Å²) in [5, 5.41) is 5.67. The van der Waals surface area contributed by atoms with Crippen molar-refractivity contribution in [1.82, 2.24) is 4.98 Å². The number of thiazole rings is 1. The Morgan fingerprint density at radius 3 is 2.64 bits per heavy atom. The molecule has 1 aliphatic heterocycles. The number of fused-ring (bicyclic) bond motifs is 1. The predicted molar refractivity (Wildman–Crippen MR) is 130 cm³/mol. The first-order chi connectivity index (χ1) is 15.9. The maximum absolute atomic E-state index is 12.1. The summed E-state index contributed by atoms with van der Waals surface area (Å²) in [4.78, 5) is 16.9. The van der Waals surface area contributed by atoms with Gasteiger partial charge in [0.05, 0.1) is 23.9 Å². The lowest BCUT2D eigenvalue weighted by atomic mass is 10.00. The van der Waals surface area contributed by atoms with Gasteiger partial charge in [-0.3, -0.25) is 9.10 Å². The molecule has 168 valence electrons. The van der Waals surface area contributed by atoms with E-state index in [2.05, 4.69) is 5.32 Å². The van der Waals surface area contributed by atoms with Crippen molar-refractivity contribution in [1.29, 1.82) is 0 Å². The molecule has 33 heavy (non-hydrogen) atoms. The number of hydrogen-bond donors (Lipinski definition) is 1. The number of furan rings is 1. The lowest BCUT2D eigenvalue weighted by Crippen LogP contribution is -2.34. The molecule has 1 aliphatic rings. The zero-order chi connectivity index (χ0) is 23.0. The largest absolute Gasteiger partial charge is 0.459 e. The average Bonchev–Trinajstić information content (AvgIpc) is 3.51. The molecule has 0 saturated carbocycles. The van der Waals surface area contributed by atoms with Crippen LogP contribution in [-0.2, 0) is 16.4 Å². The van der Waals surface area contributed by atoms with Crippen molar-refractivity contribution in [2.75, 3.05) is 22.4 Å². The van der Waals surface area contributed by atoms with E-state index >= 15 is 0 Å². The minimum Gasteiger partial charge on any atom is -0.459 e. The highest BCUT2D eigenvalue weighted by Gasteiger charge is 2.24. The molecule has 9 heteroatoms. The van der Waals surface area contributed by atoms with E-state index in [0.29, 0.717) is 12.2 Å². The second kappa shape index (κ2) is 8.49. The molecular weight excluding hydrogens is 458 g/mol. The molecule has 1 N–H and O–H groups in total. The minimum atomic E-state index is -3.28. The fraction of sp³-hybridized carbons (Fsp3) is 0.167. The second-order valence-electron chi connectivity index (χ2n) is 7.83. The van der Waals surface area contributed by atoms with E-state index in [-0.39, 0.29) is 11.7 Å². The summed E-state index contributed by atoms with van der Waals surface area (Å²) in [5.41, 5.74) is 5.22. The number of anilines is 2. The summed E-state index contributed by atoms with van der Waals surface area (Å²) >= 11 is 1.54. The molecule has 0 fully saturated rings. The molecule has 2 aromatic carbocycles. The predicted octanol–water partition coefficient (Wildman–Crippen LogP) is 5.03. The number of nitrogens with zero attached hydrogens (tertiary/aromatic N) is 2. The Hall–Kier alpha value is -3.43. The topological polar surface area (TPSA) is 92.5 Å². The van der Waals surface area contributed by atoms with Gasteiger partial charge in [-0.1, -0.05) is 6.07 Å². The van der Waals surface area contributed by atoms with E-state index in [1.807, 2.05) is 47.8 Å². The molecule has 0 bridgehead atoms. The normalized spacial score (nSPS) is 13.5. The number of nitrogens with one attached hydrogen (secondary N) is 1. The SMILES string of the molecule is CS(=O)(=O)N1CCCc2cc(-c3csc(-c4ccc(NC(=O)c5ccco5)cc4)n3)ccc21. The van der Waals surface area contributed by atoms with Crippen molar-refractivity contribution < 1.29 is 17.6 Å². The van der Waals surface area contributed by atoms with Crippen molar-refractivity contribution >= 4 is 38.6 Å². The van der Waals surface area contributed by atoms with E-state index in [9.17, 15) is 13.2 Å². The van der Waals surface area contributed by atoms with Gasteiger partial charge < -0.3 is 9.73 Å². The lowest BCUT2D eigenvalue weighted by molar-refractivity contribution is 0.0996. The van der Waals surface area contributed by atoms with E-state index in [0.717, 1.165) is 45.9 Å². The minimum absolute atomic E-state index is 0.258. The van der Waals surface area contributed by atoms with Crippen LogP contribution in [0.2, 0.25) is 0 Å². The number of sulfonamides is 1. The van der Waals surface area contributed by atoms with Crippen LogP contribution in [0.25, 0.3) is 21.8 Å². The smallest absolute Gasteiger partial charge is 0.291 e. The summed E-state index contributed by atoms with van der Waals surface area (Å²) in [6, 6.07) is 16.6. The molecule has 4 aromatic rings. The number of aromatic nitrogens is 1. The third-order valence-electron chi connectivity index (χ3n) is 5.49. The third kappa shape index (κ3) is 4.42. The van der Waals surface area contributed by atoms with Gasteiger partial charge in [0, 0.05) is 28.7 Å². The quantitative estimate of drug-likeness (QED) is 0.433. The van der Waals surface area contributed by atoms with Gasteiger partial charge in [0.25, 0.3) is 5.91 Å². The standard InChI is InChI=1S/C24H21N3O4S2/c1-33(29,30)27-12-2-4-18-14-17(8-11-21(18)27)20-15-32-24(26-20)16-6-9-19(10-7-16)25-23(28)22-5-3-13-31-22/h3,5-11,13-15H,2,4,12H2,1H3,(H,25,28). The number of carbonyl (C=O) groups excluding carboxylic acids is 1. The number of aryl methyl sites for hydroxylation is 1. The number of amides is 1. The van der Waals surface area contributed by atoms with Crippen LogP contribution in [0.3, 0.4) is 0 Å². The highest BCUT2D eigenvalue weighted by atomic mass is 32.2. The molecule has 5 rings (SSSR count). The molecule has 0 spiro atoms. The van der Waals surface area contributed by atoms with Crippen molar-refractivity contribution in [3.05, 3.63) is 77.6 Å². The van der Waals surface area contributed by atoms with E-state index in [4.69, 9.17) is 9.40 Å². The summed E-state index contributed by atoms with van der Waals surface area (Å²) in [6.07, 6.45) is 4.35. The molecule has 3 heterocycles. The Kier molecular flexibility index (Phi) is 5.51. The fourth-order valence-corrected chi connectivity index (χ4v) is 5.73. The molecule has 0 unspecified atom stereocenters. The average molecular weight is 480 g/mol. The molecule has 7 nitrogen and oxygen atoms in total. The Bertz CT molecular complexity index is 1410. The van der Waals surface area contributed by atoms with Crippen LogP contribution in [0.5, 0.6) is 0 Å². The Morgan fingerprint density at radius 1 is 1.12 bits per heavy atom. The van der Waals surface area contributed by atoms with Crippen molar-refractivity contribution in [3.8, 4) is 21.8 Å². The van der Waals surface area contributed by atoms with Gasteiger partial charge in [-0.2, -0.15) is 0 Å². The Balaban J connectivity index is 1.35. The van der Waals surface area contributed by atoms with Crippen LogP contribution < -0.4 is 9.62 Å². The summed E-state index contributed by atoms with van der Waals surface area (Å²) in [5.74, 6) is -0.0421. The van der Waals surface area contributed by atoms with Crippen LogP contribution in [0, 0.1) is 0 Å². The first-order valence-electron chi connectivity index (χ1n) is 10.4. The van der Waals surface area contributed by atoms with Crippen LogP contribution in [0.1, 0.15) is 22.5 Å². The van der Waals surface area contributed by atoms with Gasteiger partial charge >= 0.3 is 0 Å².